The minimum atomic E-state index is -0.270. The van der Waals surface area contributed by atoms with Gasteiger partial charge in [0.1, 0.15) is 0 Å². The Labute approximate surface area is 384 Å². The van der Waals surface area contributed by atoms with E-state index in [1.54, 1.807) is 0 Å². The molecule has 0 atom stereocenters. The summed E-state index contributed by atoms with van der Waals surface area (Å²) in [7, 11) is 0. The molecule has 310 valence electrons. The van der Waals surface area contributed by atoms with E-state index in [0.29, 0.717) is 0 Å². The van der Waals surface area contributed by atoms with E-state index < -0.39 is 0 Å². The third-order valence-corrected chi connectivity index (χ3v) is 15.8. The van der Waals surface area contributed by atoms with Crippen molar-refractivity contribution in [3.63, 3.8) is 0 Å². The number of rotatable bonds is 5. The van der Waals surface area contributed by atoms with Crippen LogP contribution in [0.15, 0.2) is 206 Å². The molecule has 13 rings (SSSR count). The van der Waals surface area contributed by atoms with E-state index in [2.05, 4.69) is 244 Å². The highest BCUT2D eigenvalue weighted by molar-refractivity contribution is 7.26. The van der Waals surface area contributed by atoms with Crippen LogP contribution in [0, 0.1) is 0 Å². The summed E-state index contributed by atoms with van der Waals surface area (Å²) < 4.78 is 2.58. The van der Waals surface area contributed by atoms with Crippen molar-refractivity contribution in [1.29, 1.82) is 0 Å². The van der Waals surface area contributed by atoms with Gasteiger partial charge in [0.25, 0.3) is 0 Å². The lowest BCUT2D eigenvalue weighted by Crippen LogP contribution is -2.31. The SMILES string of the molecule is CC1(C)c2ccccc2-c2ccc(N(c3ccc4c(c3)N(c3c(-c5ccc6ccccc6c5)ccc5ccccc35)c3ccccc3C4(C)C)c3cccc4c3sc3ccccc34)cc21. The molecular formula is C62H46N2S. The summed E-state index contributed by atoms with van der Waals surface area (Å²) in [6.45, 7) is 9.55. The van der Waals surface area contributed by atoms with Crippen LogP contribution in [0.4, 0.5) is 34.1 Å². The van der Waals surface area contributed by atoms with Gasteiger partial charge in [-0.25, -0.2) is 0 Å². The molecule has 65 heavy (non-hydrogen) atoms. The standard InChI is InChI=1S/C62H46N2S/c1-61(2)51-23-11-9-20-47(51)48-34-31-43(37-54(48)61)63(56-26-15-22-50-49-21-10-14-27-58(49)65-60(50)56)44-32-35-53-57(38-44)64(55-25-13-12-24-52(55)62(53,3)4)59-45-19-8-7-17-40(45)30-33-46(59)42-29-28-39-16-5-6-18-41(39)36-42/h5-38H,1-4H3. The second kappa shape index (κ2) is 14.0. The smallest absolute Gasteiger partial charge is 0.0640 e. The van der Waals surface area contributed by atoms with Crippen molar-refractivity contribution >= 4 is 87.2 Å². The van der Waals surface area contributed by atoms with Gasteiger partial charge in [0.05, 0.1) is 27.4 Å². The van der Waals surface area contributed by atoms with Crippen LogP contribution in [0.1, 0.15) is 49.9 Å². The average Bonchev–Trinajstić information content (AvgIpc) is 3.84. The first-order valence-electron chi connectivity index (χ1n) is 22.8. The zero-order valence-electron chi connectivity index (χ0n) is 36.9. The lowest BCUT2D eigenvalue weighted by Gasteiger charge is -2.43. The molecule has 1 aliphatic carbocycles. The molecule has 3 heteroatoms. The fourth-order valence-corrected chi connectivity index (χ4v) is 12.5. The Kier molecular flexibility index (Phi) is 8.20. The van der Waals surface area contributed by atoms with Crippen LogP contribution >= 0.6 is 11.3 Å². The highest BCUT2D eigenvalue weighted by Gasteiger charge is 2.40. The number of nitrogens with zero attached hydrogens (tertiary/aromatic N) is 2. The van der Waals surface area contributed by atoms with Gasteiger partial charge in [0.15, 0.2) is 0 Å². The van der Waals surface area contributed by atoms with E-state index in [-0.39, 0.29) is 10.8 Å². The highest BCUT2D eigenvalue weighted by Crippen LogP contribution is 2.57. The van der Waals surface area contributed by atoms with Crippen molar-refractivity contribution in [2.45, 2.75) is 38.5 Å². The number of hydrogen-bond acceptors (Lipinski definition) is 3. The van der Waals surface area contributed by atoms with Crippen LogP contribution in [0.5, 0.6) is 0 Å². The molecule has 0 radical (unpaired) electrons. The summed E-state index contributed by atoms with van der Waals surface area (Å²) in [5.41, 5.74) is 17.0. The molecule has 0 bridgehead atoms. The first-order valence-corrected chi connectivity index (χ1v) is 23.6. The van der Waals surface area contributed by atoms with Crippen LogP contribution in [-0.4, -0.2) is 0 Å². The summed E-state index contributed by atoms with van der Waals surface area (Å²) in [5.74, 6) is 0. The van der Waals surface area contributed by atoms with Crippen LogP contribution in [0.25, 0.3) is 64.0 Å². The molecule has 0 spiro atoms. The molecule has 0 amide bonds. The van der Waals surface area contributed by atoms with Crippen LogP contribution in [0.3, 0.4) is 0 Å². The summed E-state index contributed by atoms with van der Waals surface area (Å²) in [6, 6.07) is 77.3. The summed E-state index contributed by atoms with van der Waals surface area (Å²) in [5, 5.41) is 7.49. The first-order chi connectivity index (χ1) is 31.8. The lowest BCUT2D eigenvalue weighted by molar-refractivity contribution is 0.632. The Hall–Kier alpha value is -7.46. The molecule has 2 heterocycles. The minimum Gasteiger partial charge on any atom is -0.309 e. The molecule has 1 aliphatic heterocycles. The van der Waals surface area contributed by atoms with E-state index in [0.717, 1.165) is 11.4 Å². The number of benzene rings is 10. The number of para-hydroxylation sites is 1. The van der Waals surface area contributed by atoms with Gasteiger partial charge < -0.3 is 9.80 Å². The van der Waals surface area contributed by atoms with Crippen molar-refractivity contribution in [2.24, 2.45) is 0 Å². The van der Waals surface area contributed by atoms with Gasteiger partial charge in [0, 0.05) is 48.6 Å². The van der Waals surface area contributed by atoms with Gasteiger partial charge in [-0.1, -0.05) is 185 Å². The van der Waals surface area contributed by atoms with Crippen LogP contribution in [0.2, 0.25) is 0 Å². The summed E-state index contributed by atoms with van der Waals surface area (Å²) >= 11 is 1.89. The van der Waals surface area contributed by atoms with Crippen molar-refractivity contribution in [3.8, 4) is 22.3 Å². The maximum absolute atomic E-state index is 2.59. The molecule has 2 aliphatic rings. The van der Waals surface area contributed by atoms with Gasteiger partial charge in [0.2, 0.25) is 0 Å². The zero-order chi connectivity index (χ0) is 43.6. The predicted octanol–water partition coefficient (Wildman–Crippen LogP) is 17.9. The van der Waals surface area contributed by atoms with Gasteiger partial charge in [-0.3, -0.25) is 0 Å². The minimum absolute atomic E-state index is 0.148. The van der Waals surface area contributed by atoms with Crippen molar-refractivity contribution in [1.82, 2.24) is 0 Å². The predicted molar refractivity (Wildman–Crippen MR) is 279 cm³/mol. The van der Waals surface area contributed by atoms with Gasteiger partial charge in [-0.15, -0.1) is 11.3 Å². The first kappa shape index (κ1) is 38.0. The average molecular weight is 851 g/mol. The molecular weight excluding hydrogens is 805 g/mol. The second-order valence-electron chi connectivity index (χ2n) is 18.9. The van der Waals surface area contributed by atoms with Crippen molar-refractivity contribution < 1.29 is 0 Å². The Morgan fingerprint density at radius 3 is 1.89 bits per heavy atom. The maximum Gasteiger partial charge on any atom is 0.0640 e. The highest BCUT2D eigenvalue weighted by atomic mass is 32.1. The van der Waals surface area contributed by atoms with Gasteiger partial charge in [-0.2, -0.15) is 0 Å². The lowest BCUT2D eigenvalue weighted by atomic mass is 9.73. The fourth-order valence-electron chi connectivity index (χ4n) is 11.3. The molecule has 11 aromatic rings. The van der Waals surface area contributed by atoms with Crippen molar-refractivity contribution in [3.05, 3.63) is 229 Å². The Morgan fingerprint density at radius 2 is 1.02 bits per heavy atom. The molecule has 0 fully saturated rings. The zero-order valence-corrected chi connectivity index (χ0v) is 37.7. The van der Waals surface area contributed by atoms with E-state index in [4.69, 9.17) is 0 Å². The quantitative estimate of drug-likeness (QED) is 0.170. The molecule has 0 N–H and O–H groups in total. The Morgan fingerprint density at radius 1 is 0.400 bits per heavy atom. The largest absolute Gasteiger partial charge is 0.309 e. The Bertz CT molecular complexity index is 3760. The topological polar surface area (TPSA) is 6.48 Å². The number of thiophene rings is 1. The molecule has 2 nitrogen and oxygen atoms in total. The monoisotopic (exact) mass is 850 g/mol. The van der Waals surface area contributed by atoms with Gasteiger partial charge in [-0.05, 0) is 104 Å². The Balaban J connectivity index is 1.10. The fraction of sp³-hybridized carbons (Fsp3) is 0.0968. The van der Waals surface area contributed by atoms with E-state index in [1.807, 2.05) is 11.3 Å². The number of fused-ring (bicyclic) bond motifs is 10. The second-order valence-corrected chi connectivity index (χ2v) is 20.0. The van der Waals surface area contributed by atoms with Crippen molar-refractivity contribution in [2.75, 3.05) is 9.80 Å². The molecule has 0 unspecified atom stereocenters. The molecule has 1 aromatic heterocycles. The molecule has 10 aromatic carbocycles. The number of anilines is 6. The maximum atomic E-state index is 2.59. The summed E-state index contributed by atoms with van der Waals surface area (Å²) in [6.07, 6.45) is 0. The molecule has 0 saturated carbocycles. The third-order valence-electron chi connectivity index (χ3n) is 14.6. The third kappa shape index (κ3) is 5.58. The number of hydrogen-bond donors (Lipinski definition) is 0. The van der Waals surface area contributed by atoms with E-state index >= 15 is 0 Å². The van der Waals surface area contributed by atoms with Crippen LogP contribution < -0.4 is 9.80 Å². The summed E-state index contributed by atoms with van der Waals surface area (Å²) in [4.78, 5) is 5.13. The molecule has 0 saturated heterocycles. The van der Waals surface area contributed by atoms with E-state index in [9.17, 15) is 0 Å². The normalized spacial score (nSPS) is 14.4. The van der Waals surface area contributed by atoms with Crippen LogP contribution in [-0.2, 0) is 10.8 Å². The van der Waals surface area contributed by atoms with E-state index in [1.165, 1.54) is 109 Å². The van der Waals surface area contributed by atoms with Gasteiger partial charge >= 0.3 is 0 Å².